The van der Waals surface area contributed by atoms with Gasteiger partial charge in [-0.25, -0.2) is 4.98 Å². The zero-order valence-electron chi connectivity index (χ0n) is 15.7. The van der Waals surface area contributed by atoms with Crippen LogP contribution in [0.4, 0.5) is 0 Å². The van der Waals surface area contributed by atoms with Crippen molar-refractivity contribution in [2.45, 2.75) is 13.8 Å². The fraction of sp³-hybridized carbons (Fsp3) is 0.143. The summed E-state index contributed by atoms with van der Waals surface area (Å²) in [6.45, 7) is 3.07. The molecule has 0 fully saturated rings. The number of carbonyl (C=O) groups is 3. The summed E-state index contributed by atoms with van der Waals surface area (Å²) in [5.41, 5.74) is 3.66. The number of rotatable bonds is 4. The lowest BCUT2D eigenvalue weighted by Crippen LogP contribution is -2.47. The summed E-state index contributed by atoms with van der Waals surface area (Å²) in [6.07, 6.45) is 3.42. The number of amides is 2. The van der Waals surface area contributed by atoms with Crippen LogP contribution < -0.4 is 5.11 Å². The zero-order valence-corrected chi connectivity index (χ0v) is 16.5. The van der Waals surface area contributed by atoms with Crippen LogP contribution in [0.25, 0.3) is 16.8 Å². The fourth-order valence-corrected chi connectivity index (χ4v) is 4.28. The van der Waals surface area contributed by atoms with Crippen LogP contribution in [-0.2, 0) is 9.59 Å². The van der Waals surface area contributed by atoms with E-state index >= 15 is 0 Å². The van der Waals surface area contributed by atoms with Crippen LogP contribution in [0.15, 0.2) is 41.9 Å². The first kappa shape index (κ1) is 18.8. The molecule has 0 aliphatic carbocycles. The van der Waals surface area contributed by atoms with Crippen LogP contribution >= 0.6 is 11.3 Å². The van der Waals surface area contributed by atoms with Crippen LogP contribution in [0.3, 0.4) is 0 Å². The Labute approximate surface area is 170 Å². The molecule has 7 nitrogen and oxygen atoms in total. The van der Waals surface area contributed by atoms with Gasteiger partial charge in [0.05, 0.1) is 12.5 Å². The van der Waals surface area contributed by atoms with Gasteiger partial charge in [0, 0.05) is 34.1 Å². The van der Waals surface area contributed by atoms with Crippen LogP contribution in [0.2, 0.25) is 0 Å². The maximum Gasteiger partial charge on any atom is 0.261 e. The summed E-state index contributed by atoms with van der Waals surface area (Å²) in [7, 11) is 0. The molecule has 0 unspecified atom stereocenters. The number of aromatic nitrogens is 2. The fourth-order valence-electron chi connectivity index (χ4n) is 3.52. The number of carbonyl (C=O) groups excluding carboxylic acids is 3. The number of imide groups is 1. The Hall–Kier alpha value is -3.52. The van der Waals surface area contributed by atoms with Crippen LogP contribution in [0.5, 0.6) is 0 Å². The van der Waals surface area contributed by atoms with E-state index in [1.165, 1.54) is 11.3 Å². The van der Waals surface area contributed by atoms with Crippen molar-refractivity contribution in [2.75, 3.05) is 6.54 Å². The topological polar surface area (TPSA) is 95.3 Å². The lowest BCUT2D eigenvalue weighted by Gasteiger charge is -2.28. The molecule has 1 aliphatic rings. The summed E-state index contributed by atoms with van der Waals surface area (Å²) in [5, 5.41) is 13.8. The van der Waals surface area contributed by atoms with Gasteiger partial charge >= 0.3 is 0 Å². The second-order valence-corrected chi connectivity index (χ2v) is 7.52. The molecular weight excluding hydrogens is 390 g/mol. The predicted molar refractivity (Wildman–Crippen MR) is 106 cm³/mol. The van der Waals surface area contributed by atoms with Gasteiger partial charge in [-0.2, -0.15) is 0 Å². The van der Waals surface area contributed by atoms with Gasteiger partial charge in [0.1, 0.15) is 0 Å². The molecule has 0 saturated carbocycles. The number of nitrogens with zero attached hydrogens (tertiary/aromatic N) is 3. The predicted octanol–water partition coefficient (Wildman–Crippen LogP) is 1.82. The molecule has 0 bridgehead atoms. The molecule has 2 aromatic heterocycles. The van der Waals surface area contributed by atoms with E-state index in [1.807, 2.05) is 29.9 Å². The average molecular weight is 406 g/mol. The highest BCUT2D eigenvalue weighted by atomic mass is 32.1. The van der Waals surface area contributed by atoms with Gasteiger partial charge in [-0.15, -0.1) is 11.3 Å². The number of hydrogen-bond donors (Lipinski definition) is 0. The van der Waals surface area contributed by atoms with Crippen molar-refractivity contribution in [3.8, 4) is 5.13 Å². The third-order valence-electron chi connectivity index (χ3n) is 4.84. The normalized spacial score (nSPS) is 15.1. The lowest BCUT2D eigenvalue weighted by atomic mass is 9.92. The van der Waals surface area contributed by atoms with E-state index in [2.05, 4.69) is 4.98 Å². The SMILES string of the molecule is Cc1cc(/C=C2\C(=O)N(CC(=O)[O-])C(=O)c3ccccc32)c(C)n1-c1nccs1. The minimum absolute atomic E-state index is 0.265. The molecule has 29 heavy (non-hydrogen) atoms. The Morgan fingerprint density at radius 3 is 2.55 bits per heavy atom. The van der Waals surface area contributed by atoms with Crippen LogP contribution in [0, 0.1) is 13.8 Å². The van der Waals surface area contributed by atoms with Gasteiger partial charge in [0.2, 0.25) is 0 Å². The number of hydrogen-bond acceptors (Lipinski definition) is 6. The van der Waals surface area contributed by atoms with E-state index in [4.69, 9.17) is 0 Å². The third kappa shape index (κ3) is 3.17. The molecule has 1 aliphatic heterocycles. The number of thiazole rings is 1. The molecular formula is C21H16N3O4S-. The Morgan fingerprint density at radius 1 is 1.17 bits per heavy atom. The smallest absolute Gasteiger partial charge is 0.261 e. The number of carboxylic acid groups (broad SMARTS) is 1. The van der Waals surface area contributed by atoms with Gasteiger partial charge in [-0.1, -0.05) is 18.2 Å². The first-order chi connectivity index (χ1) is 13.9. The summed E-state index contributed by atoms with van der Waals surface area (Å²) in [4.78, 5) is 41.8. The van der Waals surface area contributed by atoms with Crippen molar-refractivity contribution in [3.63, 3.8) is 0 Å². The maximum atomic E-state index is 13.0. The second-order valence-electron chi connectivity index (χ2n) is 6.65. The van der Waals surface area contributed by atoms with E-state index in [0.717, 1.165) is 22.1 Å². The van der Waals surface area contributed by atoms with Crippen LogP contribution in [0.1, 0.15) is 32.9 Å². The number of aliphatic carboxylic acids is 1. The van der Waals surface area contributed by atoms with Gasteiger partial charge in [0.25, 0.3) is 11.8 Å². The number of fused-ring (bicyclic) bond motifs is 1. The summed E-state index contributed by atoms with van der Waals surface area (Å²) in [5.74, 6) is -2.79. The highest BCUT2D eigenvalue weighted by Crippen LogP contribution is 2.32. The summed E-state index contributed by atoms with van der Waals surface area (Å²) in [6, 6.07) is 8.61. The first-order valence-corrected chi connectivity index (χ1v) is 9.72. The van der Waals surface area contributed by atoms with Crippen molar-refractivity contribution >= 4 is 40.8 Å². The van der Waals surface area contributed by atoms with Crippen molar-refractivity contribution in [3.05, 3.63) is 70.0 Å². The Bertz CT molecular complexity index is 1170. The molecule has 8 heteroatoms. The number of aryl methyl sites for hydroxylation is 1. The maximum absolute atomic E-state index is 13.0. The highest BCUT2D eigenvalue weighted by molar-refractivity contribution is 7.12. The quantitative estimate of drug-likeness (QED) is 0.487. The molecule has 4 rings (SSSR count). The molecule has 0 atom stereocenters. The lowest BCUT2D eigenvalue weighted by molar-refractivity contribution is -0.305. The number of benzene rings is 1. The Morgan fingerprint density at radius 2 is 1.90 bits per heavy atom. The molecule has 146 valence electrons. The molecule has 2 amide bonds. The molecule has 0 saturated heterocycles. The molecule has 3 heterocycles. The van der Waals surface area contributed by atoms with E-state index in [9.17, 15) is 19.5 Å². The van der Waals surface area contributed by atoms with E-state index < -0.39 is 24.3 Å². The van der Waals surface area contributed by atoms with Crippen molar-refractivity contribution < 1.29 is 19.5 Å². The number of carboxylic acids is 1. The van der Waals surface area contributed by atoms with Crippen molar-refractivity contribution in [1.29, 1.82) is 0 Å². The van der Waals surface area contributed by atoms with Gasteiger partial charge in [-0.3, -0.25) is 19.1 Å². The third-order valence-corrected chi connectivity index (χ3v) is 5.59. The summed E-state index contributed by atoms with van der Waals surface area (Å²) < 4.78 is 1.99. The molecule has 0 radical (unpaired) electrons. The van der Waals surface area contributed by atoms with Crippen molar-refractivity contribution in [1.82, 2.24) is 14.5 Å². The molecule has 1 aromatic carbocycles. The minimum atomic E-state index is -1.49. The van der Waals surface area contributed by atoms with Gasteiger partial charge < -0.3 is 9.90 Å². The monoisotopic (exact) mass is 406 g/mol. The highest BCUT2D eigenvalue weighted by Gasteiger charge is 2.34. The molecule has 0 N–H and O–H groups in total. The molecule has 3 aromatic rings. The largest absolute Gasteiger partial charge is 0.548 e. The Balaban J connectivity index is 1.87. The Kier molecular flexibility index (Phi) is 4.63. The minimum Gasteiger partial charge on any atom is -0.548 e. The van der Waals surface area contributed by atoms with Crippen molar-refractivity contribution in [2.24, 2.45) is 0 Å². The van der Waals surface area contributed by atoms with Crippen LogP contribution in [-0.4, -0.2) is 38.8 Å². The molecule has 0 spiro atoms. The standard InChI is InChI=1S/C21H17N3O4S/c1-12-9-14(13(2)24(12)21-22-7-8-29-21)10-17-15-5-3-4-6-16(15)19(27)23(20(17)28)11-18(25)26/h3-10H,11H2,1-2H3,(H,25,26)/p-1/b17-10-. The second kappa shape index (κ2) is 7.14. The van der Waals surface area contributed by atoms with E-state index in [0.29, 0.717) is 10.5 Å². The van der Waals surface area contributed by atoms with E-state index in [-0.39, 0.29) is 11.1 Å². The first-order valence-electron chi connectivity index (χ1n) is 8.84. The zero-order chi connectivity index (χ0) is 20.7. The average Bonchev–Trinajstić information content (AvgIpc) is 3.30. The van der Waals surface area contributed by atoms with E-state index in [1.54, 1.807) is 36.5 Å². The summed E-state index contributed by atoms with van der Waals surface area (Å²) >= 11 is 1.50. The van der Waals surface area contributed by atoms with Gasteiger partial charge in [0.15, 0.2) is 5.13 Å². The van der Waals surface area contributed by atoms with Gasteiger partial charge in [-0.05, 0) is 43.2 Å².